The maximum absolute atomic E-state index is 11.7. The van der Waals surface area contributed by atoms with Crippen LogP contribution in [0, 0.1) is 0 Å². The molecule has 0 saturated carbocycles. The van der Waals surface area contributed by atoms with Gasteiger partial charge in [-0.3, -0.25) is 9.88 Å². The number of hydrogen-bond donors (Lipinski definition) is 1. The predicted octanol–water partition coefficient (Wildman–Crippen LogP) is 0.629. The maximum Gasteiger partial charge on any atom is 0.328 e. The van der Waals surface area contributed by atoms with Crippen molar-refractivity contribution in [3.05, 3.63) is 30.1 Å². The molecule has 5 nitrogen and oxygen atoms in total. The summed E-state index contributed by atoms with van der Waals surface area (Å²) in [4.78, 5) is 19.9. The number of pyridine rings is 1. The van der Waals surface area contributed by atoms with Crippen molar-refractivity contribution in [1.82, 2.24) is 14.8 Å². The van der Waals surface area contributed by atoms with E-state index in [1.807, 2.05) is 4.90 Å². The van der Waals surface area contributed by atoms with Crippen LogP contribution in [0.5, 0.6) is 0 Å². The van der Waals surface area contributed by atoms with Gasteiger partial charge in [0.05, 0.1) is 0 Å². The predicted molar refractivity (Wildman–Crippen MR) is 68.3 cm³/mol. The van der Waals surface area contributed by atoms with Crippen molar-refractivity contribution < 1.29 is 9.90 Å². The SMILES string of the molecule is CN1CCN(C(C)(C(=O)O)c2ccncc2)CC1. The lowest BCUT2D eigenvalue weighted by atomic mass is 9.90. The fourth-order valence-corrected chi connectivity index (χ4v) is 2.37. The molecule has 0 amide bonds. The van der Waals surface area contributed by atoms with E-state index in [-0.39, 0.29) is 0 Å². The Morgan fingerprint density at radius 1 is 1.28 bits per heavy atom. The van der Waals surface area contributed by atoms with Gasteiger partial charge in [0, 0.05) is 38.6 Å². The molecule has 1 unspecified atom stereocenters. The molecule has 0 spiro atoms. The van der Waals surface area contributed by atoms with Gasteiger partial charge in [0.2, 0.25) is 0 Å². The zero-order valence-corrected chi connectivity index (χ0v) is 10.8. The van der Waals surface area contributed by atoms with E-state index in [4.69, 9.17) is 0 Å². The number of nitrogens with zero attached hydrogens (tertiary/aromatic N) is 3. The lowest BCUT2D eigenvalue weighted by Crippen LogP contribution is -2.56. The largest absolute Gasteiger partial charge is 0.480 e. The van der Waals surface area contributed by atoms with E-state index in [0.29, 0.717) is 0 Å². The van der Waals surface area contributed by atoms with E-state index in [0.717, 1.165) is 31.7 Å². The molecular weight excluding hydrogens is 230 g/mol. The molecule has 1 aliphatic heterocycles. The molecular formula is C13H19N3O2. The van der Waals surface area contributed by atoms with Crippen molar-refractivity contribution >= 4 is 5.97 Å². The van der Waals surface area contributed by atoms with Crippen molar-refractivity contribution in [1.29, 1.82) is 0 Å². The Bertz CT molecular complexity index is 416. The number of aliphatic carboxylic acids is 1. The topological polar surface area (TPSA) is 56.7 Å². The average Bonchev–Trinajstić information content (AvgIpc) is 2.39. The highest BCUT2D eigenvalue weighted by molar-refractivity contribution is 5.80. The first kappa shape index (κ1) is 13.0. The highest BCUT2D eigenvalue weighted by Crippen LogP contribution is 2.29. The second-order valence-electron chi connectivity index (χ2n) is 4.90. The van der Waals surface area contributed by atoms with Crippen LogP contribution in [0.2, 0.25) is 0 Å². The van der Waals surface area contributed by atoms with Gasteiger partial charge >= 0.3 is 5.97 Å². The molecule has 5 heteroatoms. The minimum atomic E-state index is -0.968. The molecule has 1 fully saturated rings. The molecule has 1 atom stereocenters. The standard InChI is InChI=1S/C13H19N3O2/c1-13(12(17)18,11-3-5-14-6-4-11)16-9-7-15(2)8-10-16/h3-6H,7-10H2,1-2H3,(H,17,18). The summed E-state index contributed by atoms with van der Waals surface area (Å²) >= 11 is 0. The molecule has 2 rings (SSSR count). The zero-order chi connectivity index (χ0) is 13.2. The van der Waals surface area contributed by atoms with Gasteiger partial charge in [-0.2, -0.15) is 0 Å². The summed E-state index contributed by atoms with van der Waals surface area (Å²) in [5, 5.41) is 9.63. The lowest BCUT2D eigenvalue weighted by molar-refractivity contribution is -0.152. The van der Waals surface area contributed by atoms with Crippen LogP contribution in [0.1, 0.15) is 12.5 Å². The van der Waals surface area contributed by atoms with E-state index in [1.165, 1.54) is 0 Å². The first-order chi connectivity index (χ1) is 8.55. The summed E-state index contributed by atoms with van der Waals surface area (Å²) in [7, 11) is 2.06. The summed E-state index contributed by atoms with van der Waals surface area (Å²) in [6.07, 6.45) is 3.29. The molecule has 1 N–H and O–H groups in total. The number of carboxylic acids is 1. The lowest BCUT2D eigenvalue weighted by Gasteiger charge is -2.42. The number of likely N-dealkylation sites (N-methyl/N-ethyl adjacent to an activating group) is 1. The molecule has 0 aliphatic carbocycles. The Kier molecular flexibility index (Phi) is 3.63. The van der Waals surface area contributed by atoms with E-state index in [9.17, 15) is 9.90 Å². The second kappa shape index (κ2) is 5.04. The number of piperazine rings is 1. The molecule has 1 aromatic heterocycles. The van der Waals surface area contributed by atoms with Crippen LogP contribution < -0.4 is 0 Å². The van der Waals surface area contributed by atoms with Gasteiger partial charge in [0.15, 0.2) is 0 Å². The van der Waals surface area contributed by atoms with Crippen LogP contribution in [0.25, 0.3) is 0 Å². The van der Waals surface area contributed by atoms with Crippen molar-refractivity contribution in [3.63, 3.8) is 0 Å². The normalized spacial score (nSPS) is 21.4. The van der Waals surface area contributed by atoms with Gasteiger partial charge in [-0.15, -0.1) is 0 Å². The van der Waals surface area contributed by atoms with Gasteiger partial charge in [-0.05, 0) is 31.7 Å². The third-order valence-corrected chi connectivity index (χ3v) is 3.79. The molecule has 0 bridgehead atoms. The van der Waals surface area contributed by atoms with Crippen LogP contribution in [-0.4, -0.2) is 59.1 Å². The highest BCUT2D eigenvalue weighted by atomic mass is 16.4. The number of hydrogen-bond acceptors (Lipinski definition) is 4. The molecule has 1 aromatic rings. The molecule has 2 heterocycles. The molecule has 98 valence electrons. The first-order valence-electron chi connectivity index (χ1n) is 6.12. The van der Waals surface area contributed by atoms with E-state index in [2.05, 4.69) is 16.9 Å². The van der Waals surface area contributed by atoms with Gasteiger partial charge in [0.25, 0.3) is 0 Å². The molecule has 0 aromatic carbocycles. The van der Waals surface area contributed by atoms with Crippen molar-refractivity contribution in [2.45, 2.75) is 12.5 Å². The Labute approximate surface area is 107 Å². The smallest absolute Gasteiger partial charge is 0.328 e. The number of rotatable bonds is 3. The van der Waals surface area contributed by atoms with E-state index < -0.39 is 11.5 Å². The third kappa shape index (κ3) is 2.23. The summed E-state index contributed by atoms with van der Waals surface area (Å²) in [6, 6.07) is 3.57. The molecule has 1 aliphatic rings. The first-order valence-corrected chi connectivity index (χ1v) is 6.12. The summed E-state index contributed by atoms with van der Waals surface area (Å²) < 4.78 is 0. The Morgan fingerprint density at radius 2 is 1.83 bits per heavy atom. The van der Waals surface area contributed by atoms with Gasteiger partial charge in [-0.1, -0.05) is 0 Å². The Hall–Kier alpha value is -1.46. The number of carboxylic acid groups (broad SMARTS) is 1. The molecule has 0 radical (unpaired) electrons. The second-order valence-corrected chi connectivity index (χ2v) is 4.90. The van der Waals surface area contributed by atoms with Crippen LogP contribution >= 0.6 is 0 Å². The van der Waals surface area contributed by atoms with E-state index in [1.54, 1.807) is 31.5 Å². The molecule has 1 saturated heterocycles. The molecule has 18 heavy (non-hydrogen) atoms. The van der Waals surface area contributed by atoms with Crippen LogP contribution in [0.4, 0.5) is 0 Å². The third-order valence-electron chi connectivity index (χ3n) is 3.79. The number of carbonyl (C=O) groups is 1. The fourth-order valence-electron chi connectivity index (χ4n) is 2.37. The van der Waals surface area contributed by atoms with E-state index >= 15 is 0 Å². The zero-order valence-electron chi connectivity index (χ0n) is 10.8. The summed E-state index contributed by atoms with van der Waals surface area (Å²) in [6.45, 7) is 5.10. The van der Waals surface area contributed by atoms with Gasteiger partial charge < -0.3 is 10.0 Å². The minimum absolute atomic E-state index is 0.765. The summed E-state index contributed by atoms with van der Waals surface area (Å²) in [5.74, 6) is -0.807. The minimum Gasteiger partial charge on any atom is -0.480 e. The van der Waals surface area contributed by atoms with Crippen molar-refractivity contribution in [2.24, 2.45) is 0 Å². The average molecular weight is 249 g/mol. The van der Waals surface area contributed by atoms with Crippen molar-refractivity contribution in [2.75, 3.05) is 33.2 Å². The number of aromatic nitrogens is 1. The van der Waals surface area contributed by atoms with Gasteiger partial charge in [0.1, 0.15) is 5.54 Å². The van der Waals surface area contributed by atoms with Crippen molar-refractivity contribution in [3.8, 4) is 0 Å². The Balaban J connectivity index is 2.30. The van der Waals surface area contributed by atoms with Crippen LogP contribution in [0.3, 0.4) is 0 Å². The fraction of sp³-hybridized carbons (Fsp3) is 0.538. The Morgan fingerprint density at radius 3 is 2.33 bits per heavy atom. The van der Waals surface area contributed by atoms with Gasteiger partial charge in [-0.25, -0.2) is 4.79 Å². The summed E-state index contributed by atoms with van der Waals surface area (Å²) in [5.41, 5.74) is -0.181. The highest BCUT2D eigenvalue weighted by Gasteiger charge is 2.42. The van der Waals surface area contributed by atoms with Crippen LogP contribution in [0.15, 0.2) is 24.5 Å². The van der Waals surface area contributed by atoms with Crippen LogP contribution in [-0.2, 0) is 10.3 Å². The maximum atomic E-state index is 11.7. The monoisotopic (exact) mass is 249 g/mol. The quantitative estimate of drug-likeness (QED) is 0.851.